The summed E-state index contributed by atoms with van der Waals surface area (Å²) in [5.74, 6) is -0.371. The Labute approximate surface area is 63.5 Å². The molecule has 1 aromatic rings. The molecule has 0 N–H and O–H groups in total. The average molecular weight is 153 g/mol. The Hall–Kier alpha value is -1.01. The maximum Gasteiger partial charge on any atom is 0.124 e. The van der Waals surface area contributed by atoms with Crippen molar-refractivity contribution in [2.45, 2.75) is 4.90 Å². The van der Waals surface area contributed by atoms with E-state index in [2.05, 4.69) is 12.6 Å². The van der Waals surface area contributed by atoms with Crippen LogP contribution in [0.4, 0.5) is 4.39 Å². The number of thiol groups is 1. The lowest BCUT2D eigenvalue weighted by Gasteiger charge is -1.92. The minimum Gasteiger partial charge on any atom is -0.207 e. The Morgan fingerprint density at radius 2 is 2.20 bits per heavy atom. The van der Waals surface area contributed by atoms with Crippen molar-refractivity contribution in [3.8, 4) is 6.07 Å². The number of hydrogen-bond donors (Lipinski definition) is 1. The predicted molar refractivity (Wildman–Crippen MR) is 38.4 cm³/mol. The number of halogens is 1. The van der Waals surface area contributed by atoms with Crippen molar-refractivity contribution in [3.63, 3.8) is 0 Å². The van der Waals surface area contributed by atoms with E-state index < -0.39 is 0 Å². The predicted octanol–water partition coefficient (Wildman–Crippen LogP) is 1.99. The summed E-state index contributed by atoms with van der Waals surface area (Å²) in [4.78, 5) is 0.377. The quantitative estimate of drug-likeness (QED) is 0.566. The van der Waals surface area contributed by atoms with Gasteiger partial charge >= 0.3 is 0 Å². The average Bonchev–Trinajstić information content (AvgIpc) is 1.88. The number of rotatable bonds is 0. The smallest absolute Gasteiger partial charge is 0.124 e. The van der Waals surface area contributed by atoms with Crippen molar-refractivity contribution in [3.05, 3.63) is 29.6 Å². The van der Waals surface area contributed by atoms with Gasteiger partial charge < -0.3 is 0 Å². The summed E-state index contributed by atoms with van der Waals surface area (Å²) in [6.07, 6.45) is 0. The topological polar surface area (TPSA) is 23.8 Å². The van der Waals surface area contributed by atoms with Gasteiger partial charge in [-0.2, -0.15) is 5.26 Å². The molecule has 0 saturated carbocycles. The lowest BCUT2D eigenvalue weighted by molar-refractivity contribution is 0.624. The molecule has 50 valence electrons. The van der Waals surface area contributed by atoms with Crippen LogP contribution >= 0.6 is 12.6 Å². The van der Waals surface area contributed by atoms with E-state index in [0.717, 1.165) is 0 Å². The van der Waals surface area contributed by atoms with Crippen LogP contribution in [0.3, 0.4) is 0 Å². The minimum absolute atomic E-state index is 0.371. The van der Waals surface area contributed by atoms with Crippen molar-refractivity contribution in [2.24, 2.45) is 0 Å². The zero-order chi connectivity index (χ0) is 7.56. The van der Waals surface area contributed by atoms with E-state index in [1.54, 1.807) is 0 Å². The summed E-state index contributed by atoms with van der Waals surface area (Å²) in [6, 6.07) is 5.72. The standard InChI is InChI=1S/C7H4FNS/c8-6-2-1-5(4-9)7(10)3-6/h1-3,10H. The molecule has 0 aliphatic carbocycles. The summed E-state index contributed by atoms with van der Waals surface area (Å²) in [5, 5.41) is 8.39. The summed E-state index contributed by atoms with van der Waals surface area (Å²) < 4.78 is 12.3. The maximum absolute atomic E-state index is 12.3. The van der Waals surface area contributed by atoms with Gasteiger partial charge in [-0.05, 0) is 18.2 Å². The van der Waals surface area contributed by atoms with E-state index in [-0.39, 0.29) is 5.82 Å². The van der Waals surface area contributed by atoms with Gasteiger partial charge in [-0.25, -0.2) is 4.39 Å². The molecule has 10 heavy (non-hydrogen) atoms. The fourth-order valence-corrected chi connectivity index (χ4v) is 0.847. The second kappa shape index (κ2) is 2.72. The molecule has 0 unspecified atom stereocenters. The van der Waals surface area contributed by atoms with Gasteiger partial charge in [0, 0.05) is 4.90 Å². The van der Waals surface area contributed by atoms with E-state index in [1.807, 2.05) is 6.07 Å². The number of benzene rings is 1. The zero-order valence-electron chi connectivity index (χ0n) is 5.00. The van der Waals surface area contributed by atoms with Crippen LogP contribution in [0.25, 0.3) is 0 Å². The highest BCUT2D eigenvalue weighted by atomic mass is 32.1. The largest absolute Gasteiger partial charge is 0.207 e. The highest BCUT2D eigenvalue weighted by Gasteiger charge is 1.97. The fraction of sp³-hybridized carbons (Fsp3) is 0. The SMILES string of the molecule is N#Cc1ccc(F)cc1S. The number of nitrogens with zero attached hydrogens (tertiary/aromatic N) is 1. The Morgan fingerprint density at radius 1 is 1.50 bits per heavy atom. The van der Waals surface area contributed by atoms with E-state index in [9.17, 15) is 4.39 Å². The second-order valence-electron chi connectivity index (χ2n) is 1.77. The maximum atomic E-state index is 12.3. The van der Waals surface area contributed by atoms with Crippen LogP contribution in [-0.2, 0) is 0 Å². The van der Waals surface area contributed by atoms with Gasteiger partial charge in [-0.1, -0.05) is 0 Å². The molecule has 1 rings (SSSR count). The third kappa shape index (κ3) is 1.28. The van der Waals surface area contributed by atoms with Gasteiger partial charge in [0.05, 0.1) is 5.56 Å². The summed E-state index contributed by atoms with van der Waals surface area (Å²) in [5.41, 5.74) is 0.393. The van der Waals surface area contributed by atoms with Crippen LogP contribution < -0.4 is 0 Å². The molecule has 0 radical (unpaired) electrons. The first-order valence-corrected chi connectivity index (χ1v) is 3.07. The lowest BCUT2D eigenvalue weighted by Crippen LogP contribution is -1.79. The highest BCUT2D eigenvalue weighted by Crippen LogP contribution is 2.13. The van der Waals surface area contributed by atoms with Gasteiger partial charge in [0.15, 0.2) is 0 Å². The molecule has 0 aliphatic rings. The van der Waals surface area contributed by atoms with E-state index in [1.165, 1.54) is 18.2 Å². The van der Waals surface area contributed by atoms with Crippen molar-refractivity contribution in [1.82, 2.24) is 0 Å². The number of hydrogen-bond acceptors (Lipinski definition) is 2. The lowest BCUT2D eigenvalue weighted by atomic mass is 10.2. The molecule has 3 heteroatoms. The zero-order valence-corrected chi connectivity index (χ0v) is 5.90. The Morgan fingerprint density at radius 3 is 2.70 bits per heavy atom. The molecule has 0 heterocycles. The van der Waals surface area contributed by atoms with Crippen molar-refractivity contribution in [1.29, 1.82) is 5.26 Å². The van der Waals surface area contributed by atoms with Crippen LogP contribution in [0.15, 0.2) is 23.1 Å². The van der Waals surface area contributed by atoms with E-state index in [0.29, 0.717) is 10.5 Å². The Balaban J connectivity index is 3.23. The summed E-state index contributed by atoms with van der Waals surface area (Å²) >= 11 is 3.89. The van der Waals surface area contributed by atoms with Gasteiger partial charge in [-0.3, -0.25) is 0 Å². The minimum atomic E-state index is -0.371. The van der Waals surface area contributed by atoms with Crippen LogP contribution in [0.1, 0.15) is 5.56 Å². The van der Waals surface area contributed by atoms with Crippen LogP contribution in [0, 0.1) is 17.1 Å². The molecule has 1 nitrogen and oxygen atoms in total. The first-order chi connectivity index (χ1) is 4.74. The third-order valence-corrected chi connectivity index (χ3v) is 1.45. The van der Waals surface area contributed by atoms with Crippen LogP contribution in [0.5, 0.6) is 0 Å². The number of nitriles is 1. The molecule has 0 aromatic heterocycles. The first kappa shape index (κ1) is 7.10. The highest BCUT2D eigenvalue weighted by molar-refractivity contribution is 7.80. The molecule has 0 aliphatic heterocycles. The van der Waals surface area contributed by atoms with Crippen LogP contribution in [-0.4, -0.2) is 0 Å². The van der Waals surface area contributed by atoms with Crippen molar-refractivity contribution < 1.29 is 4.39 Å². The Kier molecular flexibility index (Phi) is 1.93. The molecular formula is C7H4FNS. The van der Waals surface area contributed by atoms with E-state index in [4.69, 9.17) is 5.26 Å². The molecular weight excluding hydrogens is 149 g/mol. The third-order valence-electron chi connectivity index (χ3n) is 1.08. The molecule has 0 amide bonds. The Bertz CT molecular complexity index is 290. The molecule has 1 aromatic carbocycles. The fourth-order valence-electron chi connectivity index (χ4n) is 0.599. The molecule has 0 atom stereocenters. The molecule has 0 spiro atoms. The summed E-state index contributed by atoms with van der Waals surface area (Å²) in [6.45, 7) is 0. The van der Waals surface area contributed by atoms with Gasteiger partial charge in [0.1, 0.15) is 11.9 Å². The molecule has 0 bridgehead atoms. The first-order valence-electron chi connectivity index (χ1n) is 2.62. The van der Waals surface area contributed by atoms with Gasteiger partial charge in [-0.15, -0.1) is 12.6 Å². The second-order valence-corrected chi connectivity index (χ2v) is 2.26. The van der Waals surface area contributed by atoms with Crippen molar-refractivity contribution >= 4 is 12.6 Å². The normalized spacial score (nSPS) is 8.90. The van der Waals surface area contributed by atoms with Crippen molar-refractivity contribution in [2.75, 3.05) is 0 Å². The summed E-state index contributed by atoms with van der Waals surface area (Å²) in [7, 11) is 0. The van der Waals surface area contributed by atoms with Gasteiger partial charge in [0.25, 0.3) is 0 Å². The van der Waals surface area contributed by atoms with Crippen LogP contribution in [0.2, 0.25) is 0 Å². The van der Waals surface area contributed by atoms with E-state index >= 15 is 0 Å². The monoisotopic (exact) mass is 153 g/mol. The van der Waals surface area contributed by atoms with Gasteiger partial charge in [0.2, 0.25) is 0 Å². The molecule has 0 saturated heterocycles. The molecule has 0 fully saturated rings.